The highest BCUT2D eigenvalue weighted by Gasteiger charge is 2.17. The Kier molecular flexibility index (Phi) is 5.84. The van der Waals surface area contributed by atoms with Crippen molar-refractivity contribution in [2.75, 3.05) is 12.4 Å². The molecule has 1 aromatic heterocycles. The van der Waals surface area contributed by atoms with E-state index in [0.717, 1.165) is 9.13 Å². The van der Waals surface area contributed by atoms with Crippen LogP contribution >= 0.6 is 11.6 Å². The number of anilines is 1. The van der Waals surface area contributed by atoms with Crippen molar-refractivity contribution in [3.63, 3.8) is 0 Å². The number of rotatable bonds is 6. The molecule has 0 spiro atoms. The summed E-state index contributed by atoms with van der Waals surface area (Å²) in [6, 6.07) is 11.2. The first-order valence-electron chi connectivity index (χ1n) is 8.67. The van der Waals surface area contributed by atoms with Gasteiger partial charge in [-0.1, -0.05) is 23.7 Å². The number of carbonyl (C=O) groups is 2. The Bertz CT molecular complexity index is 1230. The molecule has 0 unspecified atom stereocenters. The molecule has 0 saturated carbocycles. The second kappa shape index (κ2) is 8.32. The summed E-state index contributed by atoms with van der Waals surface area (Å²) in [5.41, 5.74) is -0.666. The maximum absolute atomic E-state index is 12.9. The molecule has 0 fully saturated rings. The first-order chi connectivity index (χ1) is 13.8. The Labute approximate surface area is 170 Å². The molecule has 1 amide bonds. The van der Waals surface area contributed by atoms with Crippen LogP contribution in [0.15, 0.2) is 52.1 Å². The molecule has 1 heterocycles. The zero-order valence-corrected chi connectivity index (χ0v) is 16.5. The Morgan fingerprint density at radius 1 is 1.07 bits per heavy atom. The van der Waals surface area contributed by atoms with Crippen molar-refractivity contribution in [2.24, 2.45) is 0 Å². The fourth-order valence-corrected chi connectivity index (χ4v) is 3.17. The smallest absolute Gasteiger partial charge is 0.332 e. The molecule has 0 radical (unpaired) electrons. The van der Waals surface area contributed by atoms with Crippen LogP contribution < -0.4 is 21.3 Å². The predicted molar refractivity (Wildman–Crippen MR) is 110 cm³/mol. The Hall–Kier alpha value is -3.39. The largest absolute Gasteiger partial charge is 0.495 e. The minimum atomic E-state index is -0.739. The summed E-state index contributed by atoms with van der Waals surface area (Å²) in [5.74, 6) is -0.466. The van der Waals surface area contributed by atoms with E-state index in [1.54, 1.807) is 36.4 Å². The van der Waals surface area contributed by atoms with Crippen LogP contribution in [-0.4, -0.2) is 27.9 Å². The summed E-state index contributed by atoms with van der Waals surface area (Å²) in [5, 5.41) is 3.29. The molecule has 1 N–H and O–H groups in total. The van der Waals surface area contributed by atoms with Crippen LogP contribution in [0, 0.1) is 0 Å². The van der Waals surface area contributed by atoms with Crippen LogP contribution in [-0.2, 0) is 22.7 Å². The third-order valence-electron chi connectivity index (χ3n) is 4.25. The van der Waals surface area contributed by atoms with E-state index in [4.69, 9.17) is 16.3 Å². The number of carbonyl (C=O) groups excluding carboxylic acids is 2. The Morgan fingerprint density at radius 3 is 2.48 bits per heavy atom. The number of hydrogen-bond acceptors (Lipinski definition) is 5. The molecule has 2 aromatic carbocycles. The van der Waals surface area contributed by atoms with E-state index in [0.29, 0.717) is 22.0 Å². The van der Waals surface area contributed by atoms with E-state index in [2.05, 4.69) is 5.32 Å². The number of methoxy groups -OCH3 is 1. The van der Waals surface area contributed by atoms with Gasteiger partial charge in [-0.25, -0.2) is 4.79 Å². The molecule has 0 atom stereocenters. The van der Waals surface area contributed by atoms with Gasteiger partial charge in [-0.15, -0.1) is 0 Å². The molecular weight excluding hydrogens is 398 g/mol. The minimum absolute atomic E-state index is 0.237. The average molecular weight is 416 g/mol. The van der Waals surface area contributed by atoms with Crippen molar-refractivity contribution in [1.29, 1.82) is 0 Å². The van der Waals surface area contributed by atoms with Crippen molar-refractivity contribution in [2.45, 2.75) is 20.0 Å². The molecule has 0 aliphatic rings. The number of hydrogen-bond donors (Lipinski definition) is 1. The number of Topliss-reactive ketones (excluding diaryl/α,β-unsaturated/α-hetero) is 1. The summed E-state index contributed by atoms with van der Waals surface area (Å²) in [6.45, 7) is 0.545. The van der Waals surface area contributed by atoms with Crippen LogP contribution in [0.25, 0.3) is 10.9 Å². The SMILES string of the molecule is COc1ccc(Cl)cc1NC(=O)Cn1c(=O)n(CC(C)=O)c(=O)c2ccccc21. The number of fused-ring (bicyclic) bond motifs is 1. The van der Waals surface area contributed by atoms with Gasteiger partial charge in [-0.05, 0) is 37.3 Å². The van der Waals surface area contributed by atoms with Crippen LogP contribution in [0.2, 0.25) is 5.02 Å². The fraction of sp³-hybridized carbons (Fsp3) is 0.200. The quantitative estimate of drug-likeness (QED) is 0.664. The third kappa shape index (κ3) is 4.22. The van der Waals surface area contributed by atoms with E-state index in [1.165, 1.54) is 20.1 Å². The van der Waals surface area contributed by atoms with E-state index in [-0.39, 0.29) is 24.3 Å². The minimum Gasteiger partial charge on any atom is -0.495 e. The first kappa shape index (κ1) is 20.3. The van der Waals surface area contributed by atoms with E-state index in [1.807, 2.05) is 0 Å². The lowest BCUT2D eigenvalue weighted by molar-refractivity contribution is -0.117. The number of para-hydroxylation sites is 1. The van der Waals surface area contributed by atoms with Crippen LogP contribution in [0.1, 0.15) is 6.92 Å². The highest BCUT2D eigenvalue weighted by molar-refractivity contribution is 6.31. The van der Waals surface area contributed by atoms with Gasteiger partial charge >= 0.3 is 5.69 Å². The van der Waals surface area contributed by atoms with Crippen LogP contribution in [0.3, 0.4) is 0 Å². The van der Waals surface area contributed by atoms with Crippen LogP contribution in [0.5, 0.6) is 5.75 Å². The summed E-state index contributed by atoms with van der Waals surface area (Å²) in [7, 11) is 1.45. The van der Waals surface area contributed by atoms with Gasteiger partial charge in [0.15, 0.2) is 0 Å². The normalized spacial score (nSPS) is 10.7. The van der Waals surface area contributed by atoms with Crippen molar-refractivity contribution < 1.29 is 14.3 Å². The lowest BCUT2D eigenvalue weighted by Crippen LogP contribution is -2.42. The maximum atomic E-state index is 12.9. The second-order valence-electron chi connectivity index (χ2n) is 6.37. The van der Waals surface area contributed by atoms with E-state index in [9.17, 15) is 19.2 Å². The van der Waals surface area contributed by atoms with Crippen molar-refractivity contribution in [3.8, 4) is 5.75 Å². The molecule has 0 aliphatic carbocycles. The molecule has 8 nitrogen and oxygen atoms in total. The molecular formula is C20H18ClN3O5. The van der Waals surface area contributed by atoms with Gasteiger partial charge in [0, 0.05) is 5.02 Å². The Balaban J connectivity index is 2.05. The fourth-order valence-electron chi connectivity index (χ4n) is 3.00. The number of benzene rings is 2. The number of halogens is 1. The van der Waals surface area contributed by atoms with Crippen LogP contribution in [0.4, 0.5) is 5.69 Å². The number of aromatic nitrogens is 2. The Morgan fingerprint density at radius 2 is 1.79 bits per heavy atom. The molecule has 150 valence electrons. The van der Waals surface area contributed by atoms with Gasteiger partial charge in [-0.3, -0.25) is 23.5 Å². The highest BCUT2D eigenvalue weighted by atomic mass is 35.5. The van der Waals surface area contributed by atoms with Gasteiger partial charge in [0.05, 0.1) is 30.2 Å². The lowest BCUT2D eigenvalue weighted by Gasteiger charge is -2.14. The first-order valence-corrected chi connectivity index (χ1v) is 9.05. The number of amides is 1. The number of nitrogens with zero attached hydrogens (tertiary/aromatic N) is 2. The van der Waals surface area contributed by atoms with Crippen molar-refractivity contribution in [3.05, 3.63) is 68.3 Å². The van der Waals surface area contributed by atoms with Crippen molar-refractivity contribution in [1.82, 2.24) is 9.13 Å². The monoisotopic (exact) mass is 415 g/mol. The average Bonchev–Trinajstić information content (AvgIpc) is 2.68. The van der Waals surface area contributed by atoms with Gasteiger partial charge in [-0.2, -0.15) is 0 Å². The van der Waals surface area contributed by atoms with Gasteiger partial charge < -0.3 is 10.1 Å². The molecule has 3 rings (SSSR count). The topological polar surface area (TPSA) is 99.4 Å². The summed E-state index contributed by atoms with van der Waals surface area (Å²) >= 11 is 5.98. The highest BCUT2D eigenvalue weighted by Crippen LogP contribution is 2.27. The van der Waals surface area contributed by atoms with E-state index >= 15 is 0 Å². The summed E-state index contributed by atoms with van der Waals surface area (Å²) in [6.07, 6.45) is 0. The standard InChI is InChI=1S/C20H18ClN3O5/c1-12(25)10-24-19(27)14-5-3-4-6-16(14)23(20(24)28)11-18(26)22-15-9-13(21)7-8-17(15)29-2/h3-9H,10-11H2,1-2H3,(H,22,26). The zero-order valence-electron chi connectivity index (χ0n) is 15.8. The number of ketones is 1. The number of ether oxygens (including phenoxy) is 1. The maximum Gasteiger partial charge on any atom is 0.332 e. The molecule has 3 aromatic rings. The van der Waals surface area contributed by atoms with E-state index < -0.39 is 17.2 Å². The zero-order chi connectivity index (χ0) is 21.1. The van der Waals surface area contributed by atoms with Gasteiger partial charge in [0.25, 0.3) is 5.56 Å². The molecule has 0 saturated heterocycles. The predicted octanol–water partition coefficient (Wildman–Crippen LogP) is 2.05. The summed E-state index contributed by atoms with van der Waals surface area (Å²) < 4.78 is 7.19. The second-order valence-corrected chi connectivity index (χ2v) is 6.81. The third-order valence-corrected chi connectivity index (χ3v) is 4.49. The summed E-state index contributed by atoms with van der Waals surface area (Å²) in [4.78, 5) is 49.6. The lowest BCUT2D eigenvalue weighted by atomic mass is 10.2. The molecule has 9 heteroatoms. The molecule has 0 bridgehead atoms. The van der Waals surface area contributed by atoms with Gasteiger partial charge in [0.1, 0.15) is 18.1 Å². The molecule has 0 aliphatic heterocycles. The van der Waals surface area contributed by atoms with Gasteiger partial charge in [0.2, 0.25) is 5.91 Å². The van der Waals surface area contributed by atoms with Crippen molar-refractivity contribution >= 4 is 39.9 Å². The molecule has 29 heavy (non-hydrogen) atoms. The number of nitrogens with one attached hydrogen (secondary N) is 1.